The topological polar surface area (TPSA) is 20.2 Å². The lowest BCUT2D eigenvalue weighted by Gasteiger charge is -2.29. The van der Waals surface area contributed by atoms with Crippen LogP contribution in [0, 0.1) is 11.8 Å². The van der Waals surface area contributed by atoms with Gasteiger partial charge in [0.25, 0.3) is 0 Å². The fraction of sp³-hybridized carbons (Fsp3) is 0.214. The monoisotopic (exact) mass is 380 g/mol. The van der Waals surface area contributed by atoms with E-state index in [-0.39, 0.29) is 0 Å². The quantitative estimate of drug-likeness (QED) is 0.287. The molecule has 1 unspecified atom stereocenters. The highest BCUT2D eigenvalue weighted by Crippen LogP contribution is 2.41. The van der Waals surface area contributed by atoms with Crippen LogP contribution in [0.2, 0.25) is 0 Å². The first-order chi connectivity index (χ1) is 14.1. The Hall–Kier alpha value is -3.08. The van der Waals surface area contributed by atoms with Crippen LogP contribution in [-0.2, 0) is 5.60 Å². The van der Waals surface area contributed by atoms with Crippen LogP contribution in [0.3, 0.4) is 0 Å². The first-order valence-electron chi connectivity index (χ1n) is 10.3. The van der Waals surface area contributed by atoms with Crippen LogP contribution in [0.1, 0.15) is 49.8 Å². The molecule has 0 saturated carbocycles. The van der Waals surface area contributed by atoms with Crippen molar-refractivity contribution in [2.75, 3.05) is 0 Å². The van der Waals surface area contributed by atoms with E-state index in [1.165, 1.54) is 0 Å². The zero-order valence-electron chi connectivity index (χ0n) is 17.2. The van der Waals surface area contributed by atoms with E-state index in [2.05, 4.69) is 30.9 Å². The number of rotatable bonds is 6. The molecular weight excluding hydrogens is 352 g/mol. The summed E-state index contributed by atoms with van der Waals surface area (Å²) in [5.74, 6) is 6.75. The molecule has 1 heteroatoms. The minimum atomic E-state index is -1.19. The highest BCUT2D eigenvalue weighted by Gasteiger charge is 2.32. The normalized spacial score (nSPS) is 13.6. The summed E-state index contributed by atoms with van der Waals surface area (Å²) in [7, 11) is 0. The van der Waals surface area contributed by atoms with Crippen molar-refractivity contribution >= 4 is 11.1 Å². The molecule has 1 N–H and O–H groups in total. The number of allylic oxidation sites excluding steroid dienone is 1. The van der Waals surface area contributed by atoms with Gasteiger partial charge in [0.15, 0.2) is 0 Å². The molecule has 0 bridgehead atoms. The average molecular weight is 381 g/mol. The van der Waals surface area contributed by atoms with E-state index < -0.39 is 5.60 Å². The van der Waals surface area contributed by atoms with Gasteiger partial charge in [-0.3, -0.25) is 0 Å². The molecule has 0 aromatic heterocycles. The van der Waals surface area contributed by atoms with E-state index in [1.807, 2.05) is 85.8 Å². The third-order valence-electron chi connectivity index (χ3n) is 5.07. The summed E-state index contributed by atoms with van der Waals surface area (Å²) < 4.78 is 0. The highest BCUT2D eigenvalue weighted by molar-refractivity contribution is 6.01. The third kappa shape index (κ3) is 5.05. The van der Waals surface area contributed by atoms with Gasteiger partial charge >= 0.3 is 0 Å². The van der Waals surface area contributed by atoms with Gasteiger partial charge in [-0.25, -0.2) is 0 Å². The maximum atomic E-state index is 11.8. The molecule has 0 radical (unpaired) electrons. The molecule has 1 atom stereocenters. The second-order valence-electron chi connectivity index (χ2n) is 7.33. The first-order valence-corrected chi connectivity index (χ1v) is 10.3. The average Bonchev–Trinajstić information content (AvgIpc) is 2.77. The fourth-order valence-electron chi connectivity index (χ4n) is 3.48. The summed E-state index contributed by atoms with van der Waals surface area (Å²) in [5.41, 5.74) is 3.37. The number of hydrogen-bond acceptors (Lipinski definition) is 1. The molecule has 0 aliphatic rings. The molecule has 0 heterocycles. The van der Waals surface area contributed by atoms with Gasteiger partial charge in [-0.1, -0.05) is 116 Å². The fourth-order valence-corrected chi connectivity index (χ4v) is 3.48. The second kappa shape index (κ2) is 9.92. The third-order valence-corrected chi connectivity index (χ3v) is 5.07. The molecule has 0 amide bonds. The molecular formula is C28H28O. The van der Waals surface area contributed by atoms with Crippen molar-refractivity contribution in [1.29, 1.82) is 0 Å². The van der Waals surface area contributed by atoms with Crippen molar-refractivity contribution in [3.05, 3.63) is 108 Å². The molecule has 0 aliphatic carbocycles. The van der Waals surface area contributed by atoms with E-state index in [4.69, 9.17) is 0 Å². The second-order valence-corrected chi connectivity index (χ2v) is 7.33. The van der Waals surface area contributed by atoms with E-state index in [1.54, 1.807) is 0 Å². The van der Waals surface area contributed by atoms with Gasteiger partial charge in [0.2, 0.25) is 0 Å². The standard InChI is InChI=1S/C28H28O/c1-3-4-5-15-22-26(23-16-9-6-10-17-23)27(24-18-11-7-12-19-24)28(2,29)25-20-13-8-14-21-25/h6-14,16-21,29H,3-5H2,1-2H3/b27-26+. The van der Waals surface area contributed by atoms with Crippen LogP contribution < -0.4 is 0 Å². The van der Waals surface area contributed by atoms with Crippen molar-refractivity contribution in [2.45, 2.75) is 38.7 Å². The molecule has 0 saturated heterocycles. The minimum absolute atomic E-state index is 0.833. The smallest absolute Gasteiger partial charge is 0.114 e. The summed E-state index contributed by atoms with van der Waals surface area (Å²) in [4.78, 5) is 0. The summed E-state index contributed by atoms with van der Waals surface area (Å²) >= 11 is 0. The Morgan fingerprint density at radius 2 is 1.31 bits per heavy atom. The Balaban J connectivity index is 2.29. The van der Waals surface area contributed by atoms with Crippen LogP contribution >= 0.6 is 0 Å². The van der Waals surface area contributed by atoms with Gasteiger partial charge in [-0.15, -0.1) is 0 Å². The van der Waals surface area contributed by atoms with Crippen LogP contribution in [0.4, 0.5) is 0 Å². The van der Waals surface area contributed by atoms with Gasteiger partial charge in [-0.2, -0.15) is 0 Å². The van der Waals surface area contributed by atoms with Crippen molar-refractivity contribution in [2.24, 2.45) is 0 Å². The van der Waals surface area contributed by atoms with Gasteiger partial charge < -0.3 is 5.11 Å². The summed E-state index contributed by atoms with van der Waals surface area (Å²) in [6.45, 7) is 4.03. The zero-order valence-corrected chi connectivity index (χ0v) is 17.2. The molecule has 146 valence electrons. The van der Waals surface area contributed by atoms with Crippen molar-refractivity contribution in [3.63, 3.8) is 0 Å². The molecule has 0 aliphatic heterocycles. The molecule has 29 heavy (non-hydrogen) atoms. The maximum Gasteiger partial charge on any atom is 0.114 e. The van der Waals surface area contributed by atoms with Crippen LogP contribution in [-0.4, -0.2) is 5.11 Å². The molecule has 3 rings (SSSR count). The lowest BCUT2D eigenvalue weighted by molar-refractivity contribution is 0.123. The molecule has 0 fully saturated rings. The van der Waals surface area contributed by atoms with E-state index in [9.17, 15) is 5.11 Å². The van der Waals surface area contributed by atoms with E-state index in [0.29, 0.717) is 0 Å². The van der Waals surface area contributed by atoms with Gasteiger partial charge in [0.05, 0.1) is 0 Å². The van der Waals surface area contributed by atoms with Crippen molar-refractivity contribution in [1.82, 2.24) is 0 Å². The predicted molar refractivity (Wildman–Crippen MR) is 123 cm³/mol. The zero-order chi connectivity index (χ0) is 20.5. The number of unbranched alkanes of at least 4 members (excludes halogenated alkanes) is 2. The Morgan fingerprint density at radius 3 is 1.86 bits per heavy atom. The number of aliphatic hydroxyl groups is 1. The minimum Gasteiger partial charge on any atom is -0.381 e. The van der Waals surface area contributed by atoms with Crippen LogP contribution in [0.25, 0.3) is 11.1 Å². The Bertz CT molecular complexity index is 988. The summed E-state index contributed by atoms with van der Waals surface area (Å²) in [6, 6.07) is 30.1. The van der Waals surface area contributed by atoms with Crippen LogP contribution in [0.5, 0.6) is 0 Å². The van der Waals surface area contributed by atoms with Crippen LogP contribution in [0.15, 0.2) is 91.0 Å². The Kier molecular flexibility index (Phi) is 7.06. The first kappa shape index (κ1) is 20.6. The lowest BCUT2D eigenvalue weighted by Crippen LogP contribution is -2.24. The maximum absolute atomic E-state index is 11.8. The van der Waals surface area contributed by atoms with E-state index in [0.717, 1.165) is 47.1 Å². The van der Waals surface area contributed by atoms with E-state index >= 15 is 0 Å². The largest absolute Gasteiger partial charge is 0.381 e. The summed E-state index contributed by atoms with van der Waals surface area (Å²) in [5, 5.41) is 11.8. The van der Waals surface area contributed by atoms with Crippen molar-refractivity contribution < 1.29 is 5.11 Å². The highest BCUT2D eigenvalue weighted by atomic mass is 16.3. The summed E-state index contributed by atoms with van der Waals surface area (Å²) in [6.07, 6.45) is 3.04. The van der Waals surface area contributed by atoms with Gasteiger partial charge in [0.1, 0.15) is 5.60 Å². The van der Waals surface area contributed by atoms with Gasteiger partial charge in [0, 0.05) is 17.6 Å². The number of hydrogen-bond donors (Lipinski definition) is 1. The Labute approximate surface area is 174 Å². The molecule has 1 nitrogen and oxygen atoms in total. The Morgan fingerprint density at radius 1 is 0.793 bits per heavy atom. The van der Waals surface area contributed by atoms with Gasteiger partial charge in [-0.05, 0) is 30.0 Å². The SMILES string of the molecule is CCCCC#C/C(=C(/c1ccccc1)C(C)(O)c1ccccc1)c1ccccc1. The predicted octanol–water partition coefficient (Wildman–Crippen LogP) is 6.70. The molecule has 3 aromatic carbocycles. The van der Waals surface area contributed by atoms with Crippen molar-refractivity contribution in [3.8, 4) is 11.8 Å². The number of benzene rings is 3. The molecule has 3 aromatic rings. The molecule has 0 spiro atoms. The lowest BCUT2D eigenvalue weighted by atomic mass is 9.79.